The number of hydrogen-bond donors (Lipinski definition) is 0. The van der Waals surface area contributed by atoms with Crippen molar-refractivity contribution in [2.45, 2.75) is 19.4 Å². The summed E-state index contributed by atoms with van der Waals surface area (Å²) in [6.45, 7) is 3.68. The second kappa shape index (κ2) is 9.67. The fourth-order valence-corrected chi connectivity index (χ4v) is 3.97. The van der Waals surface area contributed by atoms with E-state index in [2.05, 4.69) is 21.4 Å². The van der Waals surface area contributed by atoms with Gasteiger partial charge in [0.05, 0.1) is 26.0 Å². The second-order valence-electron chi connectivity index (χ2n) is 6.90. The van der Waals surface area contributed by atoms with Crippen LogP contribution in [0.5, 0.6) is 0 Å². The predicted molar refractivity (Wildman–Crippen MR) is 111 cm³/mol. The molecule has 0 aliphatic carbocycles. The number of carbonyl (C=O) groups is 1. The average molecular weight is 413 g/mol. The molecule has 1 amide bonds. The number of morpholine rings is 1. The van der Waals surface area contributed by atoms with Gasteiger partial charge in [0.1, 0.15) is 11.6 Å². The molecule has 8 heteroatoms. The highest BCUT2D eigenvalue weighted by atomic mass is 32.1. The zero-order valence-electron chi connectivity index (χ0n) is 16.2. The van der Waals surface area contributed by atoms with Crippen molar-refractivity contribution in [3.8, 4) is 0 Å². The number of carbonyl (C=O) groups excluding carboxylic acids is 1. The number of rotatable bonds is 8. The maximum atomic E-state index is 12.6. The van der Waals surface area contributed by atoms with Crippen molar-refractivity contribution in [3.05, 3.63) is 65.9 Å². The highest BCUT2D eigenvalue weighted by Crippen LogP contribution is 2.22. The first-order chi connectivity index (χ1) is 14.3. The van der Waals surface area contributed by atoms with E-state index in [1.54, 1.807) is 6.26 Å². The van der Waals surface area contributed by atoms with Crippen LogP contribution < -0.4 is 4.90 Å². The third kappa shape index (κ3) is 5.42. The van der Waals surface area contributed by atoms with E-state index >= 15 is 0 Å². The Morgan fingerprint density at radius 2 is 1.97 bits per heavy atom. The highest BCUT2D eigenvalue weighted by Gasteiger charge is 2.20. The van der Waals surface area contributed by atoms with Gasteiger partial charge in [0.15, 0.2) is 0 Å². The van der Waals surface area contributed by atoms with Crippen molar-refractivity contribution in [2.75, 3.05) is 37.7 Å². The average Bonchev–Trinajstić information content (AvgIpc) is 3.44. The quantitative estimate of drug-likeness (QED) is 0.566. The Kier molecular flexibility index (Phi) is 6.53. The Bertz CT molecular complexity index is 892. The molecule has 0 bridgehead atoms. The van der Waals surface area contributed by atoms with Gasteiger partial charge < -0.3 is 19.0 Å². The lowest BCUT2D eigenvalue weighted by atomic mass is 10.1. The first-order valence-corrected chi connectivity index (χ1v) is 10.5. The van der Waals surface area contributed by atoms with Gasteiger partial charge in [-0.3, -0.25) is 4.79 Å². The minimum Gasteiger partial charge on any atom is -0.467 e. The van der Waals surface area contributed by atoms with E-state index in [9.17, 15) is 4.79 Å². The fraction of sp³-hybridized carbons (Fsp3) is 0.381. The normalized spacial score (nSPS) is 14.1. The number of nitrogens with zero attached hydrogens (tertiary/aromatic N) is 4. The van der Waals surface area contributed by atoms with Crippen LogP contribution in [0, 0.1) is 0 Å². The molecule has 4 rings (SSSR count). The van der Waals surface area contributed by atoms with Crippen LogP contribution in [0.2, 0.25) is 0 Å². The van der Waals surface area contributed by atoms with E-state index in [0.29, 0.717) is 52.2 Å². The van der Waals surface area contributed by atoms with Crippen molar-refractivity contribution in [1.82, 2.24) is 14.3 Å². The van der Waals surface area contributed by atoms with Gasteiger partial charge in [-0.2, -0.15) is 4.37 Å². The molecule has 3 aromatic rings. The topological polar surface area (TPSA) is 71.7 Å². The van der Waals surface area contributed by atoms with Gasteiger partial charge in [0.2, 0.25) is 11.0 Å². The Labute approximate surface area is 174 Å². The lowest BCUT2D eigenvalue weighted by Gasteiger charge is -2.28. The molecule has 152 valence electrons. The van der Waals surface area contributed by atoms with Gasteiger partial charge in [0.25, 0.3) is 0 Å². The van der Waals surface area contributed by atoms with Gasteiger partial charge in [0, 0.05) is 44.0 Å². The van der Waals surface area contributed by atoms with Crippen LogP contribution in [0.1, 0.15) is 23.6 Å². The van der Waals surface area contributed by atoms with Crippen LogP contribution in [0.25, 0.3) is 0 Å². The number of anilines is 1. The van der Waals surface area contributed by atoms with Crippen LogP contribution in [-0.4, -0.2) is 53.0 Å². The molecule has 0 spiro atoms. The molecule has 1 aromatic carbocycles. The molecule has 0 radical (unpaired) electrons. The lowest BCUT2D eigenvalue weighted by Crippen LogP contribution is -2.42. The van der Waals surface area contributed by atoms with Gasteiger partial charge in [-0.1, -0.05) is 30.3 Å². The number of aromatic nitrogens is 2. The summed E-state index contributed by atoms with van der Waals surface area (Å²) in [4.78, 5) is 21.2. The van der Waals surface area contributed by atoms with Crippen molar-refractivity contribution in [1.29, 1.82) is 0 Å². The summed E-state index contributed by atoms with van der Waals surface area (Å²) in [5.74, 6) is 1.77. The summed E-state index contributed by atoms with van der Waals surface area (Å²) in [7, 11) is 0. The van der Waals surface area contributed by atoms with Crippen molar-refractivity contribution in [3.63, 3.8) is 0 Å². The molecule has 7 nitrogen and oxygen atoms in total. The minimum atomic E-state index is 0.145. The van der Waals surface area contributed by atoms with Crippen LogP contribution in [0.15, 0.2) is 53.1 Å². The monoisotopic (exact) mass is 412 g/mol. The fourth-order valence-electron chi connectivity index (χ4n) is 3.26. The number of hydrogen-bond acceptors (Lipinski definition) is 7. The summed E-state index contributed by atoms with van der Waals surface area (Å²) in [6.07, 6.45) is 2.78. The SMILES string of the molecule is O=C(CCN(Cc1ccco1)c1nc(Cc2ccccc2)ns1)N1CCOCC1. The van der Waals surface area contributed by atoms with Crippen LogP contribution in [0.3, 0.4) is 0 Å². The zero-order valence-corrected chi connectivity index (χ0v) is 17.0. The molecule has 2 aromatic heterocycles. The summed E-state index contributed by atoms with van der Waals surface area (Å²) in [5.41, 5.74) is 1.18. The maximum Gasteiger partial charge on any atom is 0.224 e. The molecule has 0 unspecified atom stereocenters. The van der Waals surface area contributed by atoms with E-state index in [4.69, 9.17) is 14.1 Å². The Balaban J connectivity index is 1.43. The molecule has 1 aliphatic rings. The molecule has 0 saturated carbocycles. The maximum absolute atomic E-state index is 12.6. The van der Waals surface area contributed by atoms with Gasteiger partial charge in [-0.05, 0) is 17.7 Å². The smallest absolute Gasteiger partial charge is 0.224 e. The van der Waals surface area contributed by atoms with E-state index < -0.39 is 0 Å². The molecular weight excluding hydrogens is 388 g/mol. The molecule has 0 N–H and O–H groups in total. The van der Waals surface area contributed by atoms with E-state index in [1.807, 2.05) is 35.2 Å². The summed E-state index contributed by atoms with van der Waals surface area (Å²) in [6, 6.07) is 14.0. The van der Waals surface area contributed by atoms with Crippen molar-refractivity contribution >= 4 is 22.6 Å². The third-order valence-electron chi connectivity index (χ3n) is 4.82. The van der Waals surface area contributed by atoms with Gasteiger partial charge in [-0.15, -0.1) is 0 Å². The second-order valence-corrected chi connectivity index (χ2v) is 7.63. The van der Waals surface area contributed by atoms with E-state index in [-0.39, 0.29) is 5.91 Å². The van der Waals surface area contributed by atoms with Crippen molar-refractivity contribution < 1.29 is 13.9 Å². The molecule has 1 saturated heterocycles. The molecule has 1 fully saturated rings. The molecular formula is C21H24N4O3S. The van der Waals surface area contributed by atoms with Gasteiger partial charge >= 0.3 is 0 Å². The van der Waals surface area contributed by atoms with E-state index in [0.717, 1.165) is 16.7 Å². The summed E-state index contributed by atoms with van der Waals surface area (Å²) < 4.78 is 15.4. The largest absolute Gasteiger partial charge is 0.467 e. The molecule has 0 atom stereocenters. The minimum absolute atomic E-state index is 0.145. The zero-order chi connectivity index (χ0) is 19.9. The van der Waals surface area contributed by atoms with Crippen LogP contribution >= 0.6 is 11.5 Å². The lowest BCUT2D eigenvalue weighted by molar-refractivity contribution is -0.135. The number of benzene rings is 1. The highest BCUT2D eigenvalue weighted by molar-refractivity contribution is 7.09. The first-order valence-electron chi connectivity index (χ1n) is 9.77. The van der Waals surface area contributed by atoms with E-state index in [1.165, 1.54) is 17.1 Å². The van der Waals surface area contributed by atoms with Gasteiger partial charge in [-0.25, -0.2) is 4.98 Å². The first kappa shape index (κ1) is 19.6. The number of ether oxygens (including phenoxy) is 1. The van der Waals surface area contributed by atoms with Crippen LogP contribution in [-0.2, 0) is 22.5 Å². The number of furan rings is 1. The standard InChI is InChI=1S/C21H24N4O3S/c26-20(24-10-13-27-14-11-24)8-9-25(16-18-7-4-12-28-18)21-22-19(23-29-21)15-17-5-2-1-3-6-17/h1-7,12H,8-11,13-16H2. The summed E-state index contributed by atoms with van der Waals surface area (Å²) >= 11 is 1.36. The molecule has 29 heavy (non-hydrogen) atoms. The van der Waals surface area contributed by atoms with Crippen LogP contribution in [0.4, 0.5) is 5.13 Å². The Morgan fingerprint density at radius 3 is 2.72 bits per heavy atom. The predicted octanol–water partition coefficient (Wildman–Crippen LogP) is 2.98. The Hall–Kier alpha value is -2.71. The number of amides is 1. The molecule has 3 heterocycles. The molecule has 1 aliphatic heterocycles. The van der Waals surface area contributed by atoms with Crippen molar-refractivity contribution in [2.24, 2.45) is 0 Å². The third-order valence-corrected chi connectivity index (χ3v) is 5.63. The Morgan fingerprint density at radius 1 is 1.14 bits per heavy atom. The summed E-state index contributed by atoms with van der Waals surface area (Å²) in [5, 5.41) is 0.808.